The number of esters is 1. The smallest absolute Gasteiger partial charge is 0.337 e. The standard InChI is InChI=1S/C25H22FN5O2.C2H6/c1-33-25(32)18-7-10-20-21(16-18)29-24(23(28-20)17-5-8-19(26)9-6-17)31-14-12-30(13-15-31)22-4-2-3-11-27-22;1-2/h2-11,16H,12-15H2,1H3;1-2H3. The van der Waals surface area contributed by atoms with Crippen molar-refractivity contribution in [3.63, 3.8) is 0 Å². The van der Waals surface area contributed by atoms with Crippen molar-refractivity contribution in [1.82, 2.24) is 15.0 Å². The van der Waals surface area contributed by atoms with Gasteiger partial charge >= 0.3 is 5.97 Å². The van der Waals surface area contributed by atoms with Gasteiger partial charge < -0.3 is 14.5 Å². The molecule has 0 N–H and O–H groups in total. The number of carbonyl (C=O) groups excluding carboxylic acids is 1. The number of rotatable bonds is 4. The molecule has 0 atom stereocenters. The first-order valence-electron chi connectivity index (χ1n) is 11.7. The van der Waals surface area contributed by atoms with Gasteiger partial charge in [-0.25, -0.2) is 24.1 Å². The summed E-state index contributed by atoms with van der Waals surface area (Å²) in [4.78, 5) is 30.6. The van der Waals surface area contributed by atoms with E-state index in [4.69, 9.17) is 14.7 Å². The number of methoxy groups -OCH3 is 1. The summed E-state index contributed by atoms with van der Waals surface area (Å²) >= 11 is 0. The van der Waals surface area contributed by atoms with E-state index in [-0.39, 0.29) is 5.82 Å². The lowest BCUT2D eigenvalue weighted by Crippen LogP contribution is -2.47. The van der Waals surface area contributed by atoms with Crippen molar-refractivity contribution >= 4 is 28.6 Å². The third-order valence-electron chi connectivity index (χ3n) is 5.74. The van der Waals surface area contributed by atoms with Gasteiger partial charge in [-0.15, -0.1) is 0 Å². The van der Waals surface area contributed by atoms with Crippen LogP contribution in [-0.4, -0.2) is 54.2 Å². The number of pyridine rings is 1. The van der Waals surface area contributed by atoms with Crippen LogP contribution in [0.4, 0.5) is 16.0 Å². The zero-order valence-corrected chi connectivity index (χ0v) is 20.1. The van der Waals surface area contributed by atoms with Crippen LogP contribution in [0.2, 0.25) is 0 Å². The molecule has 4 aromatic rings. The molecule has 180 valence electrons. The minimum Gasteiger partial charge on any atom is -0.465 e. The number of fused-ring (bicyclic) bond motifs is 1. The summed E-state index contributed by atoms with van der Waals surface area (Å²) in [5.41, 5.74) is 3.13. The largest absolute Gasteiger partial charge is 0.465 e. The highest BCUT2D eigenvalue weighted by Gasteiger charge is 2.23. The number of piperazine rings is 1. The van der Waals surface area contributed by atoms with E-state index in [0.29, 0.717) is 28.1 Å². The van der Waals surface area contributed by atoms with E-state index < -0.39 is 5.97 Å². The maximum atomic E-state index is 13.6. The van der Waals surface area contributed by atoms with E-state index in [1.165, 1.54) is 19.2 Å². The molecule has 5 rings (SSSR count). The second-order valence-electron chi connectivity index (χ2n) is 7.76. The Morgan fingerprint density at radius 2 is 1.60 bits per heavy atom. The summed E-state index contributed by atoms with van der Waals surface area (Å²) in [6.07, 6.45) is 1.79. The summed E-state index contributed by atoms with van der Waals surface area (Å²) in [5.74, 6) is 0.924. The molecule has 2 aromatic heterocycles. The molecule has 7 nitrogen and oxygen atoms in total. The van der Waals surface area contributed by atoms with Gasteiger partial charge in [0.05, 0.1) is 23.7 Å². The first-order valence-corrected chi connectivity index (χ1v) is 11.7. The van der Waals surface area contributed by atoms with Crippen molar-refractivity contribution < 1.29 is 13.9 Å². The lowest BCUT2D eigenvalue weighted by Gasteiger charge is -2.36. The Morgan fingerprint density at radius 1 is 0.886 bits per heavy atom. The fourth-order valence-corrected chi connectivity index (χ4v) is 4.00. The van der Waals surface area contributed by atoms with Crippen LogP contribution in [0, 0.1) is 5.82 Å². The topological polar surface area (TPSA) is 71.5 Å². The summed E-state index contributed by atoms with van der Waals surface area (Å²) in [6.45, 7) is 7.01. The van der Waals surface area contributed by atoms with Gasteiger partial charge in [-0.05, 0) is 54.6 Å². The van der Waals surface area contributed by atoms with Gasteiger partial charge in [0.25, 0.3) is 0 Å². The molecule has 0 aliphatic carbocycles. The van der Waals surface area contributed by atoms with E-state index in [9.17, 15) is 9.18 Å². The number of aromatic nitrogens is 3. The molecule has 0 bridgehead atoms. The Bertz CT molecular complexity index is 1290. The predicted molar refractivity (Wildman–Crippen MR) is 136 cm³/mol. The average molecular weight is 474 g/mol. The normalized spacial score (nSPS) is 13.3. The summed E-state index contributed by atoms with van der Waals surface area (Å²) < 4.78 is 18.4. The van der Waals surface area contributed by atoms with E-state index in [1.807, 2.05) is 32.0 Å². The summed E-state index contributed by atoms with van der Waals surface area (Å²) in [7, 11) is 1.35. The molecule has 35 heavy (non-hydrogen) atoms. The molecule has 0 radical (unpaired) electrons. The first-order chi connectivity index (χ1) is 17.1. The molecule has 1 fully saturated rings. The third-order valence-corrected chi connectivity index (χ3v) is 5.74. The Labute approximate surface area is 204 Å². The molecular formula is C27H28FN5O2. The maximum absolute atomic E-state index is 13.6. The molecule has 0 unspecified atom stereocenters. The van der Waals surface area contributed by atoms with Crippen molar-refractivity contribution in [1.29, 1.82) is 0 Å². The van der Waals surface area contributed by atoms with Crippen LogP contribution in [0.1, 0.15) is 24.2 Å². The maximum Gasteiger partial charge on any atom is 0.337 e. The molecule has 0 saturated carbocycles. The van der Waals surface area contributed by atoms with Crippen LogP contribution >= 0.6 is 0 Å². The second-order valence-corrected chi connectivity index (χ2v) is 7.76. The lowest BCUT2D eigenvalue weighted by atomic mass is 10.1. The van der Waals surface area contributed by atoms with Gasteiger partial charge in [0.15, 0.2) is 5.82 Å². The molecule has 0 spiro atoms. The highest BCUT2D eigenvalue weighted by atomic mass is 19.1. The van der Waals surface area contributed by atoms with Crippen molar-refractivity contribution in [2.75, 3.05) is 43.1 Å². The number of benzene rings is 2. The van der Waals surface area contributed by atoms with Gasteiger partial charge in [-0.3, -0.25) is 0 Å². The lowest BCUT2D eigenvalue weighted by molar-refractivity contribution is 0.0601. The van der Waals surface area contributed by atoms with E-state index in [0.717, 1.165) is 37.6 Å². The van der Waals surface area contributed by atoms with Crippen LogP contribution < -0.4 is 9.80 Å². The average Bonchev–Trinajstić information content (AvgIpc) is 2.93. The summed E-state index contributed by atoms with van der Waals surface area (Å²) in [5, 5.41) is 0. The molecular weight excluding hydrogens is 445 g/mol. The Hall–Kier alpha value is -4.07. The fraction of sp³-hybridized carbons (Fsp3) is 0.259. The van der Waals surface area contributed by atoms with Crippen molar-refractivity contribution in [2.24, 2.45) is 0 Å². The van der Waals surface area contributed by atoms with Crippen molar-refractivity contribution in [2.45, 2.75) is 13.8 Å². The van der Waals surface area contributed by atoms with Crippen molar-refractivity contribution in [3.8, 4) is 11.3 Å². The van der Waals surface area contributed by atoms with Gasteiger partial charge in [-0.1, -0.05) is 19.9 Å². The van der Waals surface area contributed by atoms with E-state index in [2.05, 4.69) is 14.8 Å². The Balaban J connectivity index is 0.00000141. The number of carbonyl (C=O) groups is 1. The number of halogens is 1. The minimum atomic E-state index is -0.424. The zero-order valence-electron chi connectivity index (χ0n) is 20.1. The van der Waals surface area contributed by atoms with Gasteiger partial charge in [0.2, 0.25) is 0 Å². The van der Waals surface area contributed by atoms with E-state index >= 15 is 0 Å². The molecule has 2 aromatic carbocycles. The molecule has 3 heterocycles. The molecule has 1 saturated heterocycles. The number of ether oxygens (including phenoxy) is 1. The summed E-state index contributed by atoms with van der Waals surface area (Å²) in [6, 6.07) is 17.3. The van der Waals surface area contributed by atoms with Crippen LogP contribution in [0.25, 0.3) is 22.3 Å². The SMILES string of the molecule is CC.COC(=O)c1ccc2nc(-c3ccc(F)cc3)c(N3CCN(c4ccccn4)CC3)nc2c1. The molecule has 1 aliphatic heterocycles. The first kappa shape index (κ1) is 24.1. The minimum absolute atomic E-state index is 0.305. The Kier molecular flexibility index (Phi) is 7.50. The monoisotopic (exact) mass is 473 g/mol. The van der Waals surface area contributed by atoms with E-state index in [1.54, 1.807) is 36.5 Å². The van der Waals surface area contributed by atoms with Gasteiger partial charge in [0.1, 0.15) is 17.3 Å². The van der Waals surface area contributed by atoms with Crippen LogP contribution in [0.15, 0.2) is 66.9 Å². The fourth-order valence-electron chi connectivity index (χ4n) is 4.00. The van der Waals surface area contributed by atoms with Gasteiger partial charge in [0, 0.05) is 37.9 Å². The highest BCUT2D eigenvalue weighted by molar-refractivity contribution is 5.94. The quantitative estimate of drug-likeness (QED) is 0.388. The van der Waals surface area contributed by atoms with Crippen LogP contribution in [0.3, 0.4) is 0 Å². The number of anilines is 2. The molecule has 8 heteroatoms. The number of hydrogen-bond acceptors (Lipinski definition) is 7. The molecule has 1 aliphatic rings. The van der Waals surface area contributed by atoms with Crippen molar-refractivity contribution in [3.05, 3.63) is 78.2 Å². The predicted octanol–water partition coefficient (Wildman–Crippen LogP) is 4.97. The second kappa shape index (κ2) is 10.9. The zero-order chi connectivity index (χ0) is 24.8. The van der Waals surface area contributed by atoms with Crippen LogP contribution in [0.5, 0.6) is 0 Å². The third kappa shape index (κ3) is 5.21. The van der Waals surface area contributed by atoms with Gasteiger partial charge in [-0.2, -0.15) is 0 Å². The molecule has 0 amide bonds. The number of nitrogens with zero attached hydrogens (tertiary/aromatic N) is 5. The Morgan fingerprint density at radius 3 is 2.26 bits per heavy atom. The highest BCUT2D eigenvalue weighted by Crippen LogP contribution is 2.31. The van der Waals surface area contributed by atoms with Crippen LogP contribution in [-0.2, 0) is 4.74 Å². The number of hydrogen-bond donors (Lipinski definition) is 0.